The number of pyridine rings is 4. The summed E-state index contributed by atoms with van der Waals surface area (Å²) in [6.45, 7) is 8.96. The topological polar surface area (TPSA) is 109 Å². The van der Waals surface area contributed by atoms with Gasteiger partial charge in [0.05, 0.1) is 67.6 Å². The lowest BCUT2D eigenvalue weighted by atomic mass is 10.00. The van der Waals surface area contributed by atoms with Gasteiger partial charge in [-0.25, -0.2) is 9.97 Å². The third-order valence-corrected chi connectivity index (χ3v) is 12.5. The lowest BCUT2D eigenvalue weighted by molar-refractivity contribution is 0.793. The average molecular weight is 843 g/mol. The third-order valence-electron chi connectivity index (χ3n) is 12.5. The van der Waals surface area contributed by atoms with Gasteiger partial charge in [-0.3, -0.25) is 19.9 Å². The fourth-order valence-corrected chi connectivity index (χ4v) is 9.13. The van der Waals surface area contributed by atoms with E-state index in [-0.39, 0.29) is 0 Å². The summed E-state index contributed by atoms with van der Waals surface area (Å²) in [5, 5.41) is 0. The molecule has 2 aliphatic heterocycles. The largest absolute Gasteiger partial charge is 0.354 e. The van der Waals surface area contributed by atoms with Crippen molar-refractivity contribution in [2.45, 2.75) is 105 Å². The van der Waals surface area contributed by atoms with Crippen molar-refractivity contribution in [3.63, 3.8) is 0 Å². The van der Waals surface area contributed by atoms with Gasteiger partial charge in [-0.05, 0) is 146 Å². The molecule has 322 valence electrons. The Labute approximate surface area is 377 Å². The van der Waals surface area contributed by atoms with E-state index in [0.717, 1.165) is 167 Å². The van der Waals surface area contributed by atoms with Crippen LogP contribution in [-0.4, -0.2) is 39.9 Å². The van der Waals surface area contributed by atoms with Crippen LogP contribution in [0.2, 0.25) is 0 Å². The van der Waals surface area contributed by atoms with E-state index in [2.05, 4.69) is 135 Å². The smallest absolute Gasteiger partial charge is 0.0776 e. The Hall–Kier alpha value is -6.80. The molecule has 0 unspecified atom stereocenters. The normalized spacial score (nSPS) is 12.1. The molecule has 0 saturated heterocycles. The molecule has 8 bridgehead atoms. The van der Waals surface area contributed by atoms with Gasteiger partial charge >= 0.3 is 0 Å². The molecule has 7 aromatic rings. The number of rotatable bonds is 16. The predicted molar refractivity (Wildman–Crippen MR) is 266 cm³/mol. The van der Waals surface area contributed by atoms with Crippen molar-refractivity contribution in [3.05, 3.63) is 143 Å². The molecule has 64 heavy (non-hydrogen) atoms. The Kier molecular flexibility index (Phi) is 13.1. The minimum absolute atomic E-state index is 0.848. The molecule has 0 fully saturated rings. The van der Waals surface area contributed by atoms with Crippen LogP contribution in [0.4, 0.5) is 0 Å². The molecule has 7 aromatic heterocycles. The van der Waals surface area contributed by atoms with Crippen LogP contribution in [0.1, 0.15) is 124 Å². The molecule has 0 amide bonds. The highest BCUT2D eigenvalue weighted by atomic mass is 14.8. The molecule has 0 saturated carbocycles. The number of nitrogens with one attached hydrogen (secondary N) is 2. The lowest BCUT2D eigenvalue weighted by Gasteiger charge is -2.11. The predicted octanol–water partition coefficient (Wildman–Crippen LogP) is 14.3. The lowest BCUT2D eigenvalue weighted by Crippen LogP contribution is -1.98. The minimum Gasteiger partial charge on any atom is -0.354 e. The molecular weight excluding hydrogens is 785 g/mol. The van der Waals surface area contributed by atoms with Gasteiger partial charge in [0.15, 0.2) is 0 Å². The van der Waals surface area contributed by atoms with Gasteiger partial charge < -0.3 is 9.97 Å². The number of nitrogens with zero attached hydrogens (tertiary/aromatic N) is 6. The molecule has 0 spiro atoms. The van der Waals surface area contributed by atoms with Crippen LogP contribution in [0.5, 0.6) is 0 Å². The van der Waals surface area contributed by atoms with E-state index in [4.69, 9.17) is 29.9 Å². The van der Waals surface area contributed by atoms with Gasteiger partial charge in [-0.2, -0.15) is 0 Å². The van der Waals surface area contributed by atoms with Crippen LogP contribution in [0.3, 0.4) is 0 Å². The molecule has 0 aromatic carbocycles. The van der Waals surface area contributed by atoms with E-state index < -0.39 is 0 Å². The maximum atomic E-state index is 5.58. The Bertz CT molecular complexity index is 2620. The number of aromatic nitrogens is 8. The van der Waals surface area contributed by atoms with E-state index in [0.29, 0.717) is 0 Å². The first-order valence-electron chi connectivity index (χ1n) is 23.5. The number of aryl methyl sites for hydroxylation is 4. The number of H-pyrrole nitrogens is 2. The molecule has 9 heterocycles. The summed E-state index contributed by atoms with van der Waals surface area (Å²) in [6, 6.07) is 25.8. The Morgan fingerprint density at radius 2 is 0.594 bits per heavy atom. The van der Waals surface area contributed by atoms with E-state index in [9.17, 15) is 0 Å². The van der Waals surface area contributed by atoms with E-state index in [1.807, 2.05) is 24.8 Å². The molecule has 2 N–H and O–H groups in total. The number of aromatic amines is 2. The van der Waals surface area contributed by atoms with Crippen molar-refractivity contribution < 1.29 is 0 Å². The second-order valence-electron chi connectivity index (χ2n) is 17.0. The zero-order valence-corrected chi connectivity index (χ0v) is 37.7. The second-order valence-corrected chi connectivity index (χ2v) is 17.0. The van der Waals surface area contributed by atoms with Crippen LogP contribution >= 0.6 is 0 Å². The summed E-state index contributed by atoms with van der Waals surface area (Å²) >= 11 is 0. The summed E-state index contributed by atoms with van der Waals surface area (Å²) in [5.41, 5.74) is 19.5. The highest BCUT2D eigenvalue weighted by Gasteiger charge is 2.23. The van der Waals surface area contributed by atoms with Gasteiger partial charge in [0.2, 0.25) is 0 Å². The number of fused-ring (bicyclic) bond motifs is 8. The van der Waals surface area contributed by atoms with Gasteiger partial charge in [-0.15, -0.1) is 0 Å². The third kappa shape index (κ3) is 8.61. The van der Waals surface area contributed by atoms with Crippen molar-refractivity contribution in [1.29, 1.82) is 0 Å². The fourth-order valence-electron chi connectivity index (χ4n) is 9.13. The fraction of sp³-hybridized carbons (Fsp3) is 0.286. The quantitative estimate of drug-likeness (QED) is 0.100. The van der Waals surface area contributed by atoms with Crippen LogP contribution < -0.4 is 0 Å². The van der Waals surface area contributed by atoms with Gasteiger partial charge in [0.1, 0.15) is 0 Å². The molecule has 0 radical (unpaired) electrons. The SMILES string of the molecule is CCCCc1cccnc1-c1c2nc(c(-c3ncccc3CCCC)c3ccc([nH]3)c(-c3ncccc3CCCC)c3nc(c(-c4ncccc4CCCC)c4ccc1[nH]4)C=C3)C=C2. The Morgan fingerprint density at radius 1 is 0.344 bits per heavy atom. The molecule has 0 atom stereocenters. The second kappa shape index (κ2) is 19.7. The van der Waals surface area contributed by atoms with Crippen LogP contribution in [0, 0.1) is 0 Å². The van der Waals surface area contributed by atoms with Crippen molar-refractivity contribution in [3.8, 4) is 45.0 Å². The van der Waals surface area contributed by atoms with Crippen molar-refractivity contribution in [2.75, 3.05) is 0 Å². The average Bonchev–Trinajstić information content (AvgIpc) is 4.19. The maximum absolute atomic E-state index is 5.58. The van der Waals surface area contributed by atoms with Crippen LogP contribution in [0.25, 0.3) is 91.4 Å². The monoisotopic (exact) mass is 842 g/mol. The number of hydrogen-bond donors (Lipinski definition) is 2. The van der Waals surface area contributed by atoms with Crippen molar-refractivity contribution >= 4 is 46.4 Å². The minimum atomic E-state index is 0.848. The number of hydrogen-bond acceptors (Lipinski definition) is 6. The molecule has 2 aliphatic rings. The first-order chi connectivity index (χ1) is 31.6. The summed E-state index contributed by atoms with van der Waals surface area (Å²) < 4.78 is 0. The maximum Gasteiger partial charge on any atom is 0.0776 e. The standard InChI is InChI=1S/C56H58N8/c1-5-9-17-37-21-13-33-57-53(37)49-41-25-27-43(61-41)50(54-38(18-10-6-2)22-14-34-58-54)45-29-31-47(63-45)52(56-40(20-12-8-4)24-16-36-60-56)48-32-30-46(64-48)51(44-28-26-42(49)62-44)55-39(19-11-7-3)23-15-35-59-55/h13-16,21-36,61,64H,5-12,17-20H2,1-4H3. The van der Waals surface area contributed by atoms with Gasteiger partial charge in [0.25, 0.3) is 0 Å². The zero-order valence-electron chi connectivity index (χ0n) is 37.7. The highest BCUT2D eigenvalue weighted by molar-refractivity contribution is 5.99. The van der Waals surface area contributed by atoms with Crippen LogP contribution in [0.15, 0.2) is 97.6 Å². The first kappa shape index (κ1) is 42.5. The summed E-state index contributed by atoms with van der Waals surface area (Å²) in [5.74, 6) is 0. The van der Waals surface area contributed by atoms with Crippen molar-refractivity contribution in [1.82, 2.24) is 39.9 Å². The Balaban J connectivity index is 1.46. The highest BCUT2D eigenvalue weighted by Crippen LogP contribution is 2.40. The summed E-state index contributed by atoms with van der Waals surface area (Å²) in [7, 11) is 0. The first-order valence-corrected chi connectivity index (χ1v) is 23.5. The van der Waals surface area contributed by atoms with Gasteiger partial charge in [-0.1, -0.05) is 77.6 Å². The molecular formula is C56H58N8. The van der Waals surface area contributed by atoms with E-state index >= 15 is 0 Å². The van der Waals surface area contributed by atoms with E-state index in [1.54, 1.807) is 0 Å². The molecule has 0 aliphatic carbocycles. The molecule has 8 heteroatoms. The molecule has 8 nitrogen and oxygen atoms in total. The van der Waals surface area contributed by atoms with Gasteiger partial charge in [0, 0.05) is 47.0 Å². The van der Waals surface area contributed by atoms with E-state index in [1.165, 1.54) is 22.3 Å². The molecule has 9 rings (SSSR count). The zero-order chi connectivity index (χ0) is 43.8. The van der Waals surface area contributed by atoms with Crippen molar-refractivity contribution in [2.24, 2.45) is 0 Å². The van der Waals surface area contributed by atoms with Crippen LogP contribution in [-0.2, 0) is 25.7 Å². The Morgan fingerprint density at radius 3 is 0.828 bits per heavy atom. The summed E-state index contributed by atoms with van der Waals surface area (Å²) in [4.78, 5) is 39.5. The summed E-state index contributed by atoms with van der Waals surface area (Å²) in [6.07, 6.45) is 28.5. The number of unbranched alkanes of at least 4 members (excludes halogenated alkanes) is 4.